The van der Waals surface area contributed by atoms with Crippen molar-refractivity contribution in [1.29, 1.82) is 0 Å². The second-order valence-electron chi connectivity index (χ2n) is 3.22. The number of benzene rings is 1. The molecule has 0 saturated carbocycles. The molecule has 0 aliphatic rings. The Morgan fingerprint density at radius 3 is 2.78 bits per heavy atom. The van der Waals surface area contributed by atoms with Gasteiger partial charge < -0.3 is 15.2 Å². The van der Waals surface area contributed by atoms with E-state index >= 15 is 0 Å². The van der Waals surface area contributed by atoms with Crippen LogP contribution in [0.1, 0.15) is 10.4 Å². The molecular weight excluding hydrogens is 258 g/mol. The molecule has 5 nitrogen and oxygen atoms in total. The minimum Gasteiger partial charge on any atom is -0.482 e. The van der Waals surface area contributed by atoms with Crippen LogP contribution in [0.5, 0.6) is 5.75 Å². The van der Waals surface area contributed by atoms with Crippen molar-refractivity contribution in [3.8, 4) is 18.1 Å². The molecule has 1 aromatic carbocycles. The predicted octanol–water partition coefficient (Wildman–Crippen LogP) is 1.17. The largest absolute Gasteiger partial charge is 0.482 e. The maximum absolute atomic E-state index is 11.2. The Balaban J connectivity index is 2.61. The molecular formula is C12H10ClNO4. The molecule has 0 spiro atoms. The number of ether oxygens (including phenoxy) is 1. The number of carboxylic acids is 1. The molecule has 0 heterocycles. The maximum Gasteiger partial charge on any atom is 0.335 e. The molecule has 0 fully saturated rings. The summed E-state index contributed by atoms with van der Waals surface area (Å²) in [7, 11) is 0. The fourth-order valence-electron chi connectivity index (χ4n) is 1.09. The number of nitrogens with one attached hydrogen (secondary N) is 1. The van der Waals surface area contributed by atoms with E-state index in [1.807, 2.05) is 0 Å². The van der Waals surface area contributed by atoms with Crippen molar-refractivity contribution in [2.75, 3.05) is 13.2 Å². The molecule has 18 heavy (non-hydrogen) atoms. The van der Waals surface area contributed by atoms with Crippen LogP contribution in [0.3, 0.4) is 0 Å². The molecule has 0 unspecified atom stereocenters. The van der Waals surface area contributed by atoms with E-state index in [4.69, 9.17) is 27.9 Å². The van der Waals surface area contributed by atoms with Gasteiger partial charge in [-0.25, -0.2) is 4.79 Å². The van der Waals surface area contributed by atoms with E-state index in [0.717, 1.165) is 0 Å². The van der Waals surface area contributed by atoms with Crippen molar-refractivity contribution in [3.63, 3.8) is 0 Å². The highest BCUT2D eigenvalue weighted by Gasteiger charge is 2.09. The van der Waals surface area contributed by atoms with Gasteiger partial charge in [0.25, 0.3) is 5.91 Å². The van der Waals surface area contributed by atoms with Gasteiger partial charge in [0.1, 0.15) is 5.75 Å². The lowest BCUT2D eigenvalue weighted by atomic mass is 10.2. The lowest BCUT2D eigenvalue weighted by Crippen LogP contribution is -2.29. The molecule has 0 radical (unpaired) electrons. The summed E-state index contributed by atoms with van der Waals surface area (Å²) in [5, 5.41) is 11.3. The van der Waals surface area contributed by atoms with Crippen molar-refractivity contribution >= 4 is 23.5 Å². The molecule has 94 valence electrons. The van der Waals surface area contributed by atoms with Gasteiger partial charge in [0.05, 0.1) is 17.1 Å². The first-order valence-corrected chi connectivity index (χ1v) is 5.28. The summed E-state index contributed by atoms with van der Waals surface area (Å²) in [4.78, 5) is 21.9. The quantitative estimate of drug-likeness (QED) is 0.785. The van der Waals surface area contributed by atoms with Gasteiger partial charge >= 0.3 is 5.97 Å². The molecule has 1 aromatic rings. The van der Waals surface area contributed by atoms with Gasteiger partial charge in [0, 0.05) is 0 Å². The van der Waals surface area contributed by atoms with E-state index in [1.54, 1.807) is 0 Å². The molecule has 0 atom stereocenters. The second kappa shape index (κ2) is 6.52. The van der Waals surface area contributed by atoms with Gasteiger partial charge in [-0.3, -0.25) is 4.79 Å². The number of halogens is 1. The number of rotatable bonds is 5. The van der Waals surface area contributed by atoms with E-state index in [-0.39, 0.29) is 35.4 Å². The summed E-state index contributed by atoms with van der Waals surface area (Å²) in [5.41, 5.74) is 0.0455. The van der Waals surface area contributed by atoms with E-state index in [1.165, 1.54) is 18.2 Å². The van der Waals surface area contributed by atoms with Crippen LogP contribution in [-0.4, -0.2) is 30.1 Å². The Bertz CT molecular complexity index is 507. The summed E-state index contributed by atoms with van der Waals surface area (Å²) in [6.45, 7) is -0.123. The number of aromatic carboxylic acids is 1. The monoisotopic (exact) mass is 267 g/mol. The highest BCUT2D eigenvalue weighted by atomic mass is 35.5. The molecule has 0 bridgehead atoms. The lowest BCUT2D eigenvalue weighted by Gasteiger charge is -2.08. The van der Waals surface area contributed by atoms with E-state index in [2.05, 4.69) is 11.2 Å². The van der Waals surface area contributed by atoms with Gasteiger partial charge in [0.2, 0.25) is 0 Å². The fraction of sp³-hybridized carbons (Fsp3) is 0.167. The van der Waals surface area contributed by atoms with Crippen LogP contribution in [0.15, 0.2) is 18.2 Å². The average molecular weight is 268 g/mol. The van der Waals surface area contributed by atoms with Crippen LogP contribution in [0, 0.1) is 12.3 Å². The zero-order valence-corrected chi connectivity index (χ0v) is 10.0. The first-order valence-electron chi connectivity index (χ1n) is 4.90. The minimum absolute atomic E-state index is 0.0455. The molecule has 0 aliphatic heterocycles. The molecule has 1 amide bonds. The highest BCUT2D eigenvalue weighted by Crippen LogP contribution is 2.25. The number of hydrogen-bond donors (Lipinski definition) is 2. The number of amides is 1. The Morgan fingerprint density at radius 2 is 2.22 bits per heavy atom. The molecule has 1 rings (SSSR count). The van der Waals surface area contributed by atoms with E-state index < -0.39 is 5.97 Å². The minimum atomic E-state index is -1.09. The van der Waals surface area contributed by atoms with Crippen LogP contribution >= 0.6 is 11.6 Å². The highest BCUT2D eigenvalue weighted by molar-refractivity contribution is 6.32. The van der Waals surface area contributed by atoms with Gasteiger partial charge in [-0.1, -0.05) is 17.5 Å². The number of carbonyl (C=O) groups is 2. The van der Waals surface area contributed by atoms with Crippen molar-refractivity contribution < 1.29 is 19.4 Å². The summed E-state index contributed by atoms with van der Waals surface area (Å²) >= 11 is 5.81. The van der Waals surface area contributed by atoms with Crippen molar-refractivity contribution in [1.82, 2.24) is 5.32 Å². The van der Waals surface area contributed by atoms with Gasteiger partial charge in [-0.15, -0.1) is 6.42 Å². The summed E-state index contributed by atoms with van der Waals surface area (Å²) in [5.74, 6) is 1.01. The zero-order chi connectivity index (χ0) is 13.5. The second-order valence-corrected chi connectivity index (χ2v) is 3.63. The molecule has 6 heteroatoms. The van der Waals surface area contributed by atoms with Crippen LogP contribution in [-0.2, 0) is 4.79 Å². The van der Waals surface area contributed by atoms with Crippen LogP contribution in [0.2, 0.25) is 5.02 Å². The summed E-state index contributed by atoms with van der Waals surface area (Å²) in [6.07, 6.45) is 4.97. The predicted molar refractivity (Wildman–Crippen MR) is 65.7 cm³/mol. The van der Waals surface area contributed by atoms with Crippen LogP contribution in [0.25, 0.3) is 0 Å². The third-order valence-corrected chi connectivity index (χ3v) is 2.22. The van der Waals surface area contributed by atoms with Crippen LogP contribution in [0.4, 0.5) is 0 Å². The van der Waals surface area contributed by atoms with E-state index in [9.17, 15) is 9.59 Å². The number of carboxylic acid groups (broad SMARTS) is 1. The molecule has 2 N–H and O–H groups in total. The number of hydrogen-bond acceptors (Lipinski definition) is 3. The van der Waals surface area contributed by atoms with Gasteiger partial charge in [-0.05, 0) is 18.2 Å². The first kappa shape index (κ1) is 13.9. The first-order chi connectivity index (χ1) is 8.54. The topological polar surface area (TPSA) is 75.6 Å². The maximum atomic E-state index is 11.2. The van der Waals surface area contributed by atoms with Gasteiger partial charge in [0.15, 0.2) is 6.61 Å². The van der Waals surface area contributed by atoms with Crippen molar-refractivity contribution in [2.24, 2.45) is 0 Å². The Hall–Kier alpha value is -2.19. The van der Waals surface area contributed by atoms with Crippen molar-refractivity contribution in [3.05, 3.63) is 28.8 Å². The Kier molecular flexibility index (Phi) is 5.03. The molecule has 0 aromatic heterocycles. The zero-order valence-electron chi connectivity index (χ0n) is 9.27. The summed E-state index contributed by atoms with van der Waals surface area (Å²) in [6, 6.07) is 3.97. The molecule has 0 aliphatic carbocycles. The van der Waals surface area contributed by atoms with Gasteiger partial charge in [-0.2, -0.15) is 0 Å². The number of carbonyl (C=O) groups excluding carboxylic acids is 1. The fourth-order valence-corrected chi connectivity index (χ4v) is 1.33. The SMILES string of the molecule is C#CCNC(=O)COc1ccc(C(=O)O)cc1Cl. The average Bonchev–Trinajstić information content (AvgIpc) is 2.34. The smallest absolute Gasteiger partial charge is 0.335 e. The lowest BCUT2D eigenvalue weighted by molar-refractivity contribution is -0.122. The van der Waals surface area contributed by atoms with Crippen molar-refractivity contribution in [2.45, 2.75) is 0 Å². The van der Waals surface area contributed by atoms with E-state index in [0.29, 0.717) is 0 Å². The third kappa shape index (κ3) is 4.00. The standard InChI is InChI=1S/C12H10ClNO4/c1-2-5-14-11(15)7-18-10-4-3-8(12(16)17)6-9(10)13/h1,3-4,6H,5,7H2,(H,14,15)(H,16,17). The Morgan fingerprint density at radius 1 is 1.50 bits per heavy atom. The Labute approximate surface area is 109 Å². The number of terminal acetylenes is 1. The summed E-state index contributed by atoms with van der Waals surface area (Å²) < 4.78 is 5.12. The van der Waals surface area contributed by atoms with Crippen LogP contribution < -0.4 is 10.1 Å². The molecule has 0 saturated heterocycles. The normalized spacial score (nSPS) is 9.33. The third-order valence-electron chi connectivity index (χ3n) is 1.93.